The number of hydrogen-bond acceptors (Lipinski definition) is 3. The predicted molar refractivity (Wildman–Crippen MR) is 72.4 cm³/mol. The van der Waals surface area contributed by atoms with Crippen LogP contribution in [0.15, 0.2) is 34.9 Å². The van der Waals surface area contributed by atoms with Gasteiger partial charge in [0.25, 0.3) is 0 Å². The topological polar surface area (TPSA) is 49.9 Å². The lowest BCUT2D eigenvalue weighted by Crippen LogP contribution is -2.27. The third kappa shape index (κ3) is 2.28. The summed E-state index contributed by atoms with van der Waals surface area (Å²) in [5.74, 6) is 0.964. The van der Waals surface area contributed by atoms with Crippen molar-refractivity contribution in [2.75, 3.05) is 6.61 Å². The maximum absolute atomic E-state index is 5.71. The molecule has 1 aliphatic rings. The summed E-state index contributed by atoms with van der Waals surface area (Å²) in [7, 11) is 0. The molecule has 4 nitrogen and oxygen atoms in total. The lowest BCUT2D eigenvalue weighted by Gasteiger charge is -2.27. The zero-order chi connectivity index (χ0) is 12.4. The molecule has 0 unspecified atom stereocenters. The summed E-state index contributed by atoms with van der Waals surface area (Å²) in [4.78, 5) is 0. The van der Waals surface area contributed by atoms with Gasteiger partial charge < -0.3 is 10.1 Å². The molecule has 1 atom stereocenters. The number of rotatable bonds is 3. The molecule has 2 heterocycles. The van der Waals surface area contributed by atoms with Gasteiger partial charge in [-0.3, -0.25) is 5.10 Å². The van der Waals surface area contributed by atoms with Crippen molar-refractivity contribution >= 4 is 15.9 Å². The zero-order valence-electron chi connectivity index (χ0n) is 9.82. The zero-order valence-corrected chi connectivity index (χ0v) is 11.4. The number of aromatic nitrogens is 2. The van der Waals surface area contributed by atoms with E-state index in [4.69, 9.17) is 4.74 Å². The van der Waals surface area contributed by atoms with Crippen LogP contribution >= 0.6 is 15.9 Å². The van der Waals surface area contributed by atoms with E-state index in [0.717, 1.165) is 35.5 Å². The minimum Gasteiger partial charge on any atom is -0.492 e. The standard InChI is InChI=1S/C13H14BrN3O/c14-11-3-1-2-10-12(5-7-18-13(10)11)15-8-9-4-6-16-17-9/h1-4,6,12,15H,5,7-8H2,(H,16,17)/t12-/m0/s1. The van der Waals surface area contributed by atoms with Crippen molar-refractivity contribution in [3.63, 3.8) is 0 Å². The minimum atomic E-state index is 0.328. The predicted octanol–water partition coefficient (Wildman–Crippen LogP) is 2.79. The molecule has 0 bridgehead atoms. The van der Waals surface area contributed by atoms with Gasteiger partial charge in [-0.1, -0.05) is 12.1 Å². The molecule has 1 aromatic carbocycles. The smallest absolute Gasteiger partial charge is 0.138 e. The summed E-state index contributed by atoms with van der Waals surface area (Å²) in [6.07, 6.45) is 2.75. The van der Waals surface area contributed by atoms with Crippen molar-refractivity contribution < 1.29 is 4.74 Å². The van der Waals surface area contributed by atoms with Crippen LogP contribution in [0.5, 0.6) is 5.75 Å². The molecule has 0 aliphatic carbocycles. The number of ether oxygens (including phenoxy) is 1. The molecular weight excluding hydrogens is 294 g/mol. The van der Waals surface area contributed by atoms with Crippen LogP contribution in [0.25, 0.3) is 0 Å². The molecule has 2 N–H and O–H groups in total. The van der Waals surface area contributed by atoms with Crippen molar-refractivity contribution in [3.05, 3.63) is 46.2 Å². The summed E-state index contributed by atoms with van der Waals surface area (Å²) < 4.78 is 6.74. The average molecular weight is 308 g/mol. The molecule has 3 rings (SSSR count). The van der Waals surface area contributed by atoms with Crippen LogP contribution in [0.2, 0.25) is 0 Å². The molecule has 18 heavy (non-hydrogen) atoms. The van der Waals surface area contributed by atoms with Crippen molar-refractivity contribution in [1.82, 2.24) is 15.5 Å². The summed E-state index contributed by atoms with van der Waals surface area (Å²) in [5.41, 5.74) is 2.31. The molecule has 1 aliphatic heterocycles. The highest BCUT2D eigenvalue weighted by Gasteiger charge is 2.22. The molecule has 0 fully saturated rings. The van der Waals surface area contributed by atoms with Crippen LogP contribution in [0.3, 0.4) is 0 Å². The van der Waals surface area contributed by atoms with E-state index in [1.54, 1.807) is 6.20 Å². The first kappa shape index (κ1) is 11.7. The fourth-order valence-corrected chi connectivity index (χ4v) is 2.71. The van der Waals surface area contributed by atoms with E-state index in [9.17, 15) is 0 Å². The maximum atomic E-state index is 5.71. The van der Waals surface area contributed by atoms with Crippen molar-refractivity contribution in [2.24, 2.45) is 0 Å². The third-order valence-electron chi connectivity index (χ3n) is 3.12. The largest absolute Gasteiger partial charge is 0.492 e. The Morgan fingerprint density at radius 1 is 1.44 bits per heavy atom. The van der Waals surface area contributed by atoms with Crippen LogP contribution in [0.1, 0.15) is 23.7 Å². The van der Waals surface area contributed by atoms with Crippen LogP contribution in [-0.2, 0) is 6.54 Å². The van der Waals surface area contributed by atoms with Gasteiger partial charge in [0.05, 0.1) is 11.1 Å². The lowest BCUT2D eigenvalue weighted by atomic mass is 10.0. The fourth-order valence-electron chi connectivity index (χ4n) is 2.21. The maximum Gasteiger partial charge on any atom is 0.138 e. The second-order valence-electron chi connectivity index (χ2n) is 4.31. The number of fused-ring (bicyclic) bond motifs is 1. The Hall–Kier alpha value is -1.33. The van der Waals surface area contributed by atoms with E-state index in [2.05, 4.69) is 37.5 Å². The van der Waals surface area contributed by atoms with Gasteiger partial charge in [0.1, 0.15) is 5.75 Å². The van der Waals surface area contributed by atoms with E-state index in [-0.39, 0.29) is 0 Å². The number of para-hydroxylation sites is 1. The minimum absolute atomic E-state index is 0.328. The summed E-state index contributed by atoms with van der Waals surface area (Å²) in [5, 5.41) is 10.4. The Morgan fingerprint density at radius 3 is 3.22 bits per heavy atom. The van der Waals surface area contributed by atoms with Crippen molar-refractivity contribution in [2.45, 2.75) is 19.0 Å². The Labute approximate surface area is 114 Å². The first-order valence-corrected chi connectivity index (χ1v) is 6.77. The molecule has 94 valence electrons. The number of nitrogens with one attached hydrogen (secondary N) is 2. The molecule has 2 aromatic rings. The van der Waals surface area contributed by atoms with E-state index < -0.39 is 0 Å². The molecule has 0 amide bonds. The molecule has 5 heteroatoms. The molecule has 0 saturated carbocycles. The Morgan fingerprint density at radius 2 is 2.39 bits per heavy atom. The quantitative estimate of drug-likeness (QED) is 0.917. The first-order chi connectivity index (χ1) is 8.84. The highest BCUT2D eigenvalue weighted by molar-refractivity contribution is 9.10. The van der Waals surface area contributed by atoms with Crippen LogP contribution in [0, 0.1) is 0 Å². The number of aromatic amines is 1. The fraction of sp³-hybridized carbons (Fsp3) is 0.308. The van der Waals surface area contributed by atoms with Gasteiger partial charge in [-0.25, -0.2) is 0 Å². The number of halogens is 1. The van der Waals surface area contributed by atoms with Crippen molar-refractivity contribution in [3.8, 4) is 5.75 Å². The molecule has 0 saturated heterocycles. The number of benzene rings is 1. The van der Waals surface area contributed by atoms with Gasteiger partial charge in [-0.15, -0.1) is 0 Å². The van der Waals surface area contributed by atoms with E-state index in [0.29, 0.717) is 6.04 Å². The van der Waals surface area contributed by atoms with E-state index >= 15 is 0 Å². The van der Waals surface area contributed by atoms with Crippen LogP contribution in [-0.4, -0.2) is 16.8 Å². The van der Waals surface area contributed by atoms with Crippen molar-refractivity contribution in [1.29, 1.82) is 0 Å². The monoisotopic (exact) mass is 307 g/mol. The summed E-state index contributed by atoms with van der Waals surface area (Å²) in [6.45, 7) is 1.53. The average Bonchev–Trinajstić information content (AvgIpc) is 2.90. The van der Waals surface area contributed by atoms with Crippen LogP contribution < -0.4 is 10.1 Å². The first-order valence-electron chi connectivity index (χ1n) is 5.97. The number of H-pyrrole nitrogens is 1. The number of nitrogens with zero attached hydrogens (tertiary/aromatic N) is 1. The Bertz CT molecular complexity index is 527. The molecule has 0 radical (unpaired) electrons. The van der Waals surface area contributed by atoms with Gasteiger partial charge in [0.15, 0.2) is 0 Å². The van der Waals surface area contributed by atoms with Gasteiger partial charge in [0.2, 0.25) is 0 Å². The van der Waals surface area contributed by atoms with E-state index in [1.807, 2.05) is 18.2 Å². The summed E-state index contributed by atoms with van der Waals surface area (Å²) in [6, 6.07) is 8.48. The lowest BCUT2D eigenvalue weighted by molar-refractivity contribution is 0.250. The van der Waals surface area contributed by atoms with Gasteiger partial charge in [0, 0.05) is 36.5 Å². The second kappa shape index (κ2) is 5.12. The molecular formula is C13H14BrN3O. The Balaban J connectivity index is 1.77. The highest BCUT2D eigenvalue weighted by Crippen LogP contribution is 2.37. The van der Waals surface area contributed by atoms with Crippen LogP contribution in [0.4, 0.5) is 0 Å². The van der Waals surface area contributed by atoms with Gasteiger partial charge in [-0.2, -0.15) is 5.10 Å². The SMILES string of the molecule is Brc1cccc2c1OCC[C@@H]2NCc1ccn[nH]1. The Kier molecular flexibility index (Phi) is 3.34. The highest BCUT2D eigenvalue weighted by atomic mass is 79.9. The van der Waals surface area contributed by atoms with Gasteiger partial charge >= 0.3 is 0 Å². The second-order valence-corrected chi connectivity index (χ2v) is 5.17. The van der Waals surface area contributed by atoms with E-state index in [1.165, 1.54) is 5.56 Å². The third-order valence-corrected chi connectivity index (χ3v) is 3.75. The number of hydrogen-bond donors (Lipinski definition) is 2. The molecule has 0 spiro atoms. The molecule has 1 aromatic heterocycles. The summed E-state index contributed by atoms with van der Waals surface area (Å²) >= 11 is 3.53. The van der Waals surface area contributed by atoms with Gasteiger partial charge in [-0.05, 0) is 28.1 Å². The normalized spacial score (nSPS) is 18.2.